The molecule has 2 aliphatic rings. The van der Waals surface area contributed by atoms with E-state index in [-0.39, 0.29) is 24.7 Å². The Morgan fingerprint density at radius 1 is 1.29 bits per heavy atom. The van der Waals surface area contributed by atoms with Crippen molar-refractivity contribution in [3.8, 4) is 0 Å². The normalized spacial score (nSPS) is 43.1. The zero-order chi connectivity index (χ0) is 10.3. The van der Waals surface area contributed by atoms with E-state index in [0.717, 1.165) is 0 Å². The first-order chi connectivity index (χ1) is 6.48. The zero-order valence-corrected chi connectivity index (χ0v) is 8.35. The molecule has 0 bridgehead atoms. The van der Waals surface area contributed by atoms with Crippen LogP contribution in [0.3, 0.4) is 0 Å². The Balaban J connectivity index is 2.06. The van der Waals surface area contributed by atoms with E-state index in [1.807, 2.05) is 0 Å². The molecule has 0 spiro atoms. The lowest BCUT2D eigenvalue weighted by atomic mass is 10.2. The molecular formula is C7H13NO5S. The minimum Gasteiger partial charge on any atom is -0.390 e. The highest BCUT2D eigenvalue weighted by molar-refractivity contribution is 7.91. The molecule has 7 heteroatoms. The summed E-state index contributed by atoms with van der Waals surface area (Å²) in [4.78, 5) is 5.07. The van der Waals surface area contributed by atoms with Gasteiger partial charge in [0.2, 0.25) is 0 Å². The third kappa shape index (κ3) is 1.91. The maximum Gasteiger partial charge on any atom is 0.154 e. The average Bonchev–Trinajstić information content (AvgIpc) is 2.55. The molecule has 0 radical (unpaired) electrons. The summed E-state index contributed by atoms with van der Waals surface area (Å²) in [7, 11) is -3.15. The lowest BCUT2D eigenvalue weighted by Gasteiger charge is -2.22. The highest BCUT2D eigenvalue weighted by atomic mass is 32.2. The molecule has 2 fully saturated rings. The van der Waals surface area contributed by atoms with Gasteiger partial charge in [0.05, 0.1) is 42.9 Å². The van der Waals surface area contributed by atoms with Crippen LogP contribution in [0.4, 0.5) is 0 Å². The molecule has 0 aromatic carbocycles. The second-order valence-corrected chi connectivity index (χ2v) is 5.91. The highest BCUT2D eigenvalue weighted by Crippen LogP contribution is 2.21. The maximum atomic E-state index is 11.2. The van der Waals surface area contributed by atoms with Gasteiger partial charge in [-0.15, -0.1) is 0 Å². The lowest BCUT2D eigenvalue weighted by molar-refractivity contribution is -0.154. The molecule has 2 N–H and O–H groups in total. The van der Waals surface area contributed by atoms with E-state index in [1.54, 1.807) is 0 Å². The number of nitrogens with zero attached hydrogens (tertiary/aromatic N) is 1. The molecule has 0 aromatic heterocycles. The minimum atomic E-state index is -3.15. The molecule has 3 atom stereocenters. The maximum absolute atomic E-state index is 11.2. The van der Waals surface area contributed by atoms with E-state index < -0.39 is 28.1 Å². The Morgan fingerprint density at radius 3 is 2.43 bits per heavy atom. The van der Waals surface area contributed by atoms with Gasteiger partial charge in [0.1, 0.15) is 0 Å². The second kappa shape index (κ2) is 3.42. The minimum absolute atomic E-state index is 0.0963. The second-order valence-electron chi connectivity index (χ2n) is 3.76. The van der Waals surface area contributed by atoms with Gasteiger partial charge in [-0.2, -0.15) is 5.06 Å². The van der Waals surface area contributed by atoms with Crippen LogP contribution in [-0.4, -0.2) is 66.6 Å². The number of aliphatic hydroxyl groups is 2. The summed E-state index contributed by atoms with van der Waals surface area (Å²) in [5.41, 5.74) is 0. The van der Waals surface area contributed by atoms with Gasteiger partial charge in [-0.05, 0) is 0 Å². The topological polar surface area (TPSA) is 87.1 Å². The fourth-order valence-electron chi connectivity index (χ4n) is 1.81. The van der Waals surface area contributed by atoms with Gasteiger partial charge in [0.25, 0.3) is 0 Å². The van der Waals surface area contributed by atoms with Crippen molar-refractivity contribution in [3.63, 3.8) is 0 Å². The third-order valence-corrected chi connectivity index (χ3v) is 4.19. The molecule has 2 unspecified atom stereocenters. The summed E-state index contributed by atoms with van der Waals surface area (Å²) in [6.07, 6.45) is -1.50. The molecule has 0 amide bonds. The third-order valence-electron chi connectivity index (χ3n) is 2.49. The largest absolute Gasteiger partial charge is 0.390 e. The van der Waals surface area contributed by atoms with Crippen molar-refractivity contribution in [1.29, 1.82) is 0 Å². The van der Waals surface area contributed by atoms with E-state index in [2.05, 4.69) is 0 Å². The molecule has 14 heavy (non-hydrogen) atoms. The Morgan fingerprint density at radius 2 is 2.00 bits per heavy atom. The van der Waals surface area contributed by atoms with Crippen LogP contribution >= 0.6 is 0 Å². The summed E-state index contributed by atoms with van der Waals surface area (Å²) in [6.45, 7) is 0.431. The summed E-state index contributed by atoms with van der Waals surface area (Å²) in [6, 6.07) is -0.530. The quantitative estimate of drug-likeness (QED) is 0.522. The number of sulfone groups is 1. The van der Waals surface area contributed by atoms with Crippen molar-refractivity contribution < 1.29 is 23.5 Å². The number of hydrogen-bond donors (Lipinski definition) is 2. The number of aliphatic hydroxyl groups excluding tert-OH is 2. The highest BCUT2D eigenvalue weighted by Gasteiger charge is 2.43. The van der Waals surface area contributed by atoms with Crippen LogP contribution in [0.1, 0.15) is 0 Å². The Hall–Kier alpha value is -0.210. The van der Waals surface area contributed by atoms with Crippen LogP contribution in [-0.2, 0) is 14.7 Å². The lowest BCUT2D eigenvalue weighted by Crippen LogP contribution is -2.41. The number of rotatable bonds is 1. The van der Waals surface area contributed by atoms with Crippen molar-refractivity contribution in [2.75, 3.05) is 24.7 Å². The van der Waals surface area contributed by atoms with Crippen molar-refractivity contribution in [3.05, 3.63) is 0 Å². The molecular weight excluding hydrogens is 210 g/mol. The van der Waals surface area contributed by atoms with E-state index in [4.69, 9.17) is 4.84 Å². The fourth-order valence-corrected chi connectivity index (χ4v) is 3.60. The van der Waals surface area contributed by atoms with E-state index in [9.17, 15) is 18.6 Å². The van der Waals surface area contributed by atoms with Crippen LogP contribution < -0.4 is 0 Å². The molecule has 0 aliphatic carbocycles. The van der Waals surface area contributed by atoms with Gasteiger partial charge in [0, 0.05) is 0 Å². The van der Waals surface area contributed by atoms with Gasteiger partial charge in [-0.1, -0.05) is 0 Å². The molecule has 6 nitrogen and oxygen atoms in total. The predicted octanol–water partition coefficient (Wildman–Crippen LogP) is -2.25. The monoisotopic (exact) mass is 223 g/mol. The van der Waals surface area contributed by atoms with Gasteiger partial charge in [-0.25, -0.2) is 8.42 Å². The summed E-state index contributed by atoms with van der Waals surface area (Å²) >= 11 is 0. The van der Waals surface area contributed by atoms with Gasteiger partial charge < -0.3 is 10.2 Å². The SMILES string of the molecule is O=S1(=O)CC(O)C(N2C[C@@H](O)CO2)C1. The Kier molecular flexibility index (Phi) is 2.52. The number of β-amino-alcohol motifs (C(OH)–C–C–N with tert-alkyl or cyclic N) is 1. The summed E-state index contributed by atoms with van der Waals surface area (Å²) in [5, 5.41) is 20.0. The number of hydrogen-bond acceptors (Lipinski definition) is 6. The Bertz CT molecular complexity index is 316. The average molecular weight is 223 g/mol. The zero-order valence-electron chi connectivity index (χ0n) is 7.54. The van der Waals surface area contributed by atoms with Gasteiger partial charge in [0.15, 0.2) is 9.84 Å². The molecule has 2 aliphatic heterocycles. The van der Waals surface area contributed by atoms with Crippen LogP contribution in [0.5, 0.6) is 0 Å². The van der Waals surface area contributed by atoms with Crippen LogP contribution in [0.15, 0.2) is 0 Å². The predicted molar refractivity (Wildman–Crippen MR) is 47.1 cm³/mol. The standard InChI is InChI=1S/C7H13NO5S/c9-5-1-8(13-2-5)6-3-14(11,12)4-7(6)10/h5-7,9-10H,1-4H2/t5-,6?,7?/m1/s1. The van der Waals surface area contributed by atoms with E-state index in [0.29, 0.717) is 0 Å². The Labute approximate surface area is 82.0 Å². The number of hydroxylamine groups is 2. The smallest absolute Gasteiger partial charge is 0.154 e. The molecule has 2 rings (SSSR count). The van der Waals surface area contributed by atoms with E-state index >= 15 is 0 Å². The van der Waals surface area contributed by atoms with Crippen LogP contribution in [0.25, 0.3) is 0 Å². The van der Waals surface area contributed by atoms with Crippen LogP contribution in [0, 0.1) is 0 Å². The molecule has 2 saturated heterocycles. The first-order valence-corrected chi connectivity index (χ1v) is 6.26. The van der Waals surface area contributed by atoms with Gasteiger partial charge >= 0.3 is 0 Å². The van der Waals surface area contributed by atoms with Crippen molar-refractivity contribution in [1.82, 2.24) is 5.06 Å². The molecule has 0 aromatic rings. The molecule has 2 heterocycles. The van der Waals surface area contributed by atoms with Crippen molar-refractivity contribution in [2.45, 2.75) is 18.2 Å². The van der Waals surface area contributed by atoms with E-state index in [1.165, 1.54) is 5.06 Å². The molecule has 0 saturated carbocycles. The first kappa shape index (κ1) is 10.3. The summed E-state index contributed by atoms with van der Waals surface area (Å²) in [5.74, 6) is -0.311. The molecule has 82 valence electrons. The first-order valence-electron chi connectivity index (χ1n) is 4.44. The summed E-state index contributed by atoms with van der Waals surface area (Å²) < 4.78 is 22.4. The van der Waals surface area contributed by atoms with Gasteiger partial charge in [-0.3, -0.25) is 4.84 Å². The van der Waals surface area contributed by atoms with Crippen molar-refractivity contribution >= 4 is 9.84 Å². The fraction of sp³-hybridized carbons (Fsp3) is 1.00. The van der Waals surface area contributed by atoms with Crippen LogP contribution in [0.2, 0.25) is 0 Å². The van der Waals surface area contributed by atoms with Crippen molar-refractivity contribution in [2.24, 2.45) is 0 Å².